The van der Waals surface area contributed by atoms with E-state index >= 15 is 0 Å². The predicted molar refractivity (Wildman–Crippen MR) is 189 cm³/mol. The minimum Gasteiger partial charge on any atom is -0.481 e. The Hall–Kier alpha value is -1.63. The Kier molecular flexibility index (Phi) is 9.02. The highest BCUT2D eigenvalue weighted by molar-refractivity contribution is 5.81. The van der Waals surface area contributed by atoms with Crippen molar-refractivity contribution in [3.63, 3.8) is 0 Å². The summed E-state index contributed by atoms with van der Waals surface area (Å²) in [6.07, 6.45) is 13.0. The molecule has 6 aliphatic rings. The number of carbonyl (C=O) groups excluding carboxylic acids is 2. The van der Waals surface area contributed by atoms with Crippen LogP contribution in [-0.4, -0.2) is 53.1 Å². The molecule has 6 rings (SSSR count). The lowest BCUT2D eigenvalue weighted by Gasteiger charge is -2.73. The highest BCUT2D eigenvalue weighted by Gasteiger charge is 2.71. The molecular formula is C41H68N2O5. The molecule has 0 unspecified atom stereocenters. The van der Waals surface area contributed by atoms with Gasteiger partial charge in [-0.25, -0.2) is 0 Å². The Labute approximate surface area is 291 Å². The first-order valence-electron chi connectivity index (χ1n) is 19.7. The topological polar surface area (TPSA) is 110 Å². The summed E-state index contributed by atoms with van der Waals surface area (Å²) in [6.45, 7) is 22.2. The van der Waals surface area contributed by atoms with Crippen LogP contribution in [0.15, 0.2) is 0 Å². The third-order valence-electron chi connectivity index (χ3n) is 17.0. The first-order valence-corrected chi connectivity index (χ1v) is 19.7. The molecule has 5 saturated carbocycles. The molecule has 1 amide bonds. The molecule has 272 valence electrons. The predicted octanol–water partition coefficient (Wildman–Crippen LogP) is 8.09. The maximum absolute atomic E-state index is 13.9. The number of carboxylic acids is 1. The Morgan fingerprint density at radius 1 is 0.875 bits per heavy atom. The summed E-state index contributed by atoms with van der Waals surface area (Å²) in [4.78, 5) is 40.7. The van der Waals surface area contributed by atoms with Crippen molar-refractivity contribution < 1.29 is 24.2 Å². The number of nitrogens with zero attached hydrogens (tertiary/aromatic N) is 1. The molecule has 0 aromatic heterocycles. The number of ether oxygens (including phenoxy) is 1. The molecule has 1 saturated heterocycles. The van der Waals surface area contributed by atoms with Gasteiger partial charge in [-0.2, -0.15) is 0 Å². The van der Waals surface area contributed by atoms with E-state index in [1.54, 1.807) is 13.8 Å². The summed E-state index contributed by atoms with van der Waals surface area (Å²) in [5.74, 6) is 2.66. The van der Waals surface area contributed by atoms with Gasteiger partial charge < -0.3 is 20.5 Å². The van der Waals surface area contributed by atoms with E-state index in [4.69, 9.17) is 10.5 Å². The number of aliphatic carboxylic acids is 1. The van der Waals surface area contributed by atoms with Crippen molar-refractivity contribution in [2.45, 2.75) is 158 Å². The van der Waals surface area contributed by atoms with Gasteiger partial charge in [0.15, 0.2) is 0 Å². The Morgan fingerprint density at radius 3 is 2.21 bits per heavy atom. The molecule has 7 heteroatoms. The second-order valence-electron chi connectivity index (χ2n) is 20.3. The number of fused-ring (bicyclic) bond motifs is 7. The van der Waals surface area contributed by atoms with E-state index in [1.165, 1.54) is 44.9 Å². The van der Waals surface area contributed by atoms with Crippen LogP contribution in [0.5, 0.6) is 0 Å². The number of nitrogens with two attached hydrogens (primary N) is 1. The number of likely N-dealkylation sites (tertiary alicyclic amines) is 1. The molecule has 0 aromatic carbocycles. The monoisotopic (exact) mass is 669 g/mol. The number of esters is 1. The summed E-state index contributed by atoms with van der Waals surface area (Å²) in [7, 11) is 0. The van der Waals surface area contributed by atoms with Crippen molar-refractivity contribution in [2.24, 2.45) is 73.7 Å². The van der Waals surface area contributed by atoms with Crippen LogP contribution in [0.3, 0.4) is 0 Å². The molecule has 3 N–H and O–H groups in total. The van der Waals surface area contributed by atoms with Crippen LogP contribution in [0.25, 0.3) is 0 Å². The van der Waals surface area contributed by atoms with Gasteiger partial charge in [-0.05, 0) is 142 Å². The van der Waals surface area contributed by atoms with E-state index < -0.39 is 11.4 Å². The molecule has 48 heavy (non-hydrogen) atoms. The van der Waals surface area contributed by atoms with Crippen molar-refractivity contribution >= 4 is 17.8 Å². The largest absolute Gasteiger partial charge is 0.481 e. The van der Waals surface area contributed by atoms with Gasteiger partial charge in [-0.15, -0.1) is 0 Å². The lowest BCUT2D eigenvalue weighted by molar-refractivity contribution is -0.252. The van der Waals surface area contributed by atoms with Crippen LogP contribution in [0.4, 0.5) is 0 Å². The van der Waals surface area contributed by atoms with Gasteiger partial charge >= 0.3 is 11.9 Å². The number of rotatable bonds is 7. The second-order valence-corrected chi connectivity index (χ2v) is 20.3. The normalized spacial score (nSPS) is 45.1. The summed E-state index contributed by atoms with van der Waals surface area (Å²) >= 11 is 0. The Balaban J connectivity index is 1.25. The highest BCUT2D eigenvalue weighted by Crippen LogP contribution is 2.78. The Bertz CT molecular complexity index is 1290. The van der Waals surface area contributed by atoms with Crippen LogP contribution in [-0.2, 0) is 19.1 Å². The van der Waals surface area contributed by atoms with E-state index in [0.29, 0.717) is 41.4 Å². The van der Waals surface area contributed by atoms with Crippen molar-refractivity contribution in [1.29, 1.82) is 0 Å². The fraction of sp³-hybridized carbons (Fsp3) is 0.927. The molecule has 1 aliphatic heterocycles. The van der Waals surface area contributed by atoms with E-state index in [2.05, 4.69) is 53.4 Å². The summed E-state index contributed by atoms with van der Waals surface area (Å²) in [5.41, 5.74) is 5.70. The SMILES string of the molecule is CC(C)[C@@H]1CC[C@]2(CC(=O)N3CC[C@H](N)C3)CC[C@]3(C)[C@H](CC[C@@H]4[C@@]5(C)CC[C@H](OC(=O)CC(C)(C)C(=O)O)C(C)(C)[C@@H]5CC[C@]43C)[C@@H]12. The van der Waals surface area contributed by atoms with Gasteiger partial charge in [0.25, 0.3) is 0 Å². The van der Waals surface area contributed by atoms with E-state index in [0.717, 1.165) is 45.2 Å². The minimum atomic E-state index is -1.13. The quantitative estimate of drug-likeness (QED) is 0.266. The zero-order valence-electron chi connectivity index (χ0n) is 31.8. The third kappa shape index (κ3) is 5.40. The van der Waals surface area contributed by atoms with Crippen molar-refractivity contribution in [2.75, 3.05) is 13.1 Å². The fourth-order valence-corrected chi connectivity index (χ4v) is 14.1. The van der Waals surface area contributed by atoms with Gasteiger partial charge in [-0.1, -0.05) is 48.5 Å². The van der Waals surface area contributed by atoms with Gasteiger partial charge in [0, 0.05) is 31.0 Å². The van der Waals surface area contributed by atoms with Crippen LogP contribution >= 0.6 is 0 Å². The zero-order chi connectivity index (χ0) is 35.2. The molecule has 0 radical (unpaired) electrons. The molecular weight excluding hydrogens is 600 g/mol. The second kappa shape index (κ2) is 12.0. The van der Waals surface area contributed by atoms with Crippen LogP contribution < -0.4 is 5.73 Å². The number of carboxylic acid groups (broad SMARTS) is 1. The van der Waals surface area contributed by atoms with Crippen LogP contribution in [0, 0.1) is 68.0 Å². The molecule has 7 nitrogen and oxygen atoms in total. The van der Waals surface area contributed by atoms with Crippen LogP contribution in [0.1, 0.15) is 146 Å². The standard InChI is InChI=1S/C41H68N2O5/c1-25(2)27-12-18-41(22-32(44)43-21-15-26(42)24-43)20-19-39(8)28(34(27)41)10-11-30-38(7)16-14-31(48-33(45)23-36(3,4)35(46)47)37(5,6)29(38)13-17-40(30,39)9/h25-31,34H,10-24,42H2,1-9H3,(H,46,47)/t26-,27-,28+,29-,30+,31-,34+,38-,39+,40+,41+/m0/s1. The van der Waals surface area contributed by atoms with Crippen molar-refractivity contribution in [1.82, 2.24) is 4.90 Å². The van der Waals surface area contributed by atoms with Crippen molar-refractivity contribution in [3.8, 4) is 0 Å². The molecule has 0 spiro atoms. The molecule has 6 fully saturated rings. The number of amides is 1. The fourth-order valence-electron chi connectivity index (χ4n) is 14.1. The smallest absolute Gasteiger partial charge is 0.309 e. The van der Waals surface area contributed by atoms with Crippen LogP contribution in [0.2, 0.25) is 0 Å². The lowest BCUT2D eigenvalue weighted by atomic mass is 9.32. The van der Waals surface area contributed by atoms with E-state index in [1.807, 2.05) is 0 Å². The molecule has 5 aliphatic carbocycles. The maximum atomic E-state index is 13.9. The molecule has 1 heterocycles. The first-order chi connectivity index (χ1) is 22.2. The summed E-state index contributed by atoms with van der Waals surface area (Å²) in [6, 6.07) is 0.131. The Morgan fingerprint density at radius 2 is 1.58 bits per heavy atom. The molecule has 0 bridgehead atoms. The van der Waals surface area contributed by atoms with Gasteiger partial charge in [0.1, 0.15) is 6.10 Å². The number of carbonyl (C=O) groups is 3. The van der Waals surface area contributed by atoms with E-state index in [-0.39, 0.29) is 51.6 Å². The first kappa shape index (κ1) is 36.2. The van der Waals surface area contributed by atoms with Gasteiger partial charge in [0.05, 0.1) is 11.8 Å². The minimum absolute atomic E-state index is 0.103. The third-order valence-corrected chi connectivity index (χ3v) is 17.0. The summed E-state index contributed by atoms with van der Waals surface area (Å²) in [5, 5.41) is 9.59. The lowest BCUT2D eigenvalue weighted by Crippen LogP contribution is -2.67. The number of hydrogen-bond acceptors (Lipinski definition) is 5. The van der Waals surface area contributed by atoms with Gasteiger partial charge in [0.2, 0.25) is 5.91 Å². The highest BCUT2D eigenvalue weighted by atomic mass is 16.5. The number of hydrogen-bond donors (Lipinski definition) is 2. The molecule has 0 aromatic rings. The van der Waals surface area contributed by atoms with E-state index in [9.17, 15) is 19.5 Å². The average Bonchev–Trinajstić information content (AvgIpc) is 3.59. The summed E-state index contributed by atoms with van der Waals surface area (Å²) < 4.78 is 6.18. The van der Waals surface area contributed by atoms with Crippen molar-refractivity contribution in [3.05, 3.63) is 0 Å². The zero-order valence-corrected chi connectivity index (χ0v) is 31.8. The molecule has 11 atom stereocenters. The maximum Gasteiger partial charge on any atom is 0.309 e. The average molecular weight is 669 g/mol. The van der Waals surface area contributed by atoms with Gasteiger partial charge in [-0.3, -0.25) is 14.4 Å².